The molecular formula is C19H29NO3. The van der Waals surface area contributed by atoms with Crippen molar-refractivity contribution in [2.75, 3.05) is 26.8 Å². The standard InChI is InChI=1S/C19H29NO3/c1-3-23-17-8-7-15(12-18(17)22-2)13-20-11-10-19(21)9-5-4-6-16(19)14-20/h7-8,12,16,21H,3-6,9-11,13-14H2,1-2H3. The van der Waals surface area contributed by atoms with E-state index in [-0.39, 0.29) is 0 Å². The van der Waals surface area contributed by atoms with E-state index in [2.05, 4.69) is 17.0 Å². The third kappa shape index (κ3) is 3.64. The van der Waals surface area contributed by atoms with Crippen LogP contribution in [0.1, 0.15) is 44.6 Å². The lowest BCUT2D eigenvalue weighted by atomic mass is 9.71. The number of ether oxygens (including phenoxy) is 2. The van der Waals surface area contributed by atoms with Gasteiger partial charge in [0.25, 0.3) is 0 Å². The number of benzene rings is 1. The topological polar surface area (TPSA) is 41.9 Å². The van der Waals surface area contributed by atoms with Gasteiger partial charge in [-0.2, -0.15) is 0 Å². The molecule has 1 aromatic rings. The molecule has 2 aliphatic rings. The van der Waals surface area contributed by atoms with E-state index in [1.165, 1.54) is 24.8 Å². The fourth-order valence-corrected chi connectivity index (χ4v) is 4.13. The smallest absolute Gasteiger partial charge is 0.161 e. The molecule has 3 rings (SSSR count). The first-order valence-corrected chi connectivity index (χ1v) is 8.89. The van der Waals surface area contributed by atoms with Crippen LogP contribution in [0.4, 0.5) is 0 Å². The number of piperidine rings is 1. The van der Waals surface area contributed by atoms with Crippen molar-refractivity contribution in [3.8, 4) is 11.5 Å². The van der Waals surface area contributed by atoms with Gasteiger partial charge in [-0.15, -0.1) is 0 Å². The van der Waals surface area contributed by atoms with E-state index in [1.807, 2.05) is 13.0 Å². The summed E-state index contributed by atoms with van der Waals surface area (Å²) in [5.74, 6) is 2.05. The van der Waals surface area contributed by atoms with Crippen molar-refractivity contribution in [1.82, 2.24) is 4.90 Å². The van der Waals surface area contributed by atoms with Crippen molar-refractivity contribution >= 4 is 0 Å². The van der Waals surface area contributed by atoms with Crippen molar-refractivity contribution in [3.05, 3.63) is 23.8 Å². The zero-order valence-electron chi connectivity index (χ0n) is 14.4. The molecular weight excluding hydrogens is 290 g/mol. The molecule has 4 nitrogen and oxygen atoms in total. The predicted molar refractivity (Wildman–Crippen MR) is 91.0 cm³/mol. The summed E-state index contributed by atoms with van der Waals surface area (Å²) in [6, 6.07) is 6.19. The first-order chi connectivity index (χ1) is 11.1. The van der Waals surface area contributed by atoms with Crippen LogP contribution in [0.2, 0.25) is 0 Å². The quantitative estimate of drug-likeness (QED) is 0.905. The fraction of sp³-hybridized carbons (Fsp3) is 0.684. The minimum Gasteiger partial charge on any atom is -0.493 e. The van der Waals surface area contributed by atoms with Gasteiger partial charge in [0, 0.05) is 25.6 Å². The van der Waals surface area contributed by atoms with Crippen LogP contribution in [0.5, 0.6) is 11.5 Å². The summed E-state index contributed by atoms with van der Waals surface area (Å²) in [7, 11) is 1.69. The van der Waals surface area contributed by atoms with Crippen LogP contribution in [-0.4, -0.2) is 42.4 Å². The lowest BCUT2D eigenvalue weighted by Gasteiger charge is -2.47. The lowest BCUT2D eigenvalue weighted by Crippen LogP contribution is -2.52. The molecule has 1 aliphatic heterocycles. The largest absolute Gasteiger partial charge is 0.493 e. The van der Waals surface area contributed by atoms with Gasteiger partial charge in [0.2, 0.25) is 0 Å². The third-order valence-electron chi connectivity index (χ3n) is 5.45. The SMILES string of the molecule is CCOc1ccc(CN2CCC3(O)CCCCC3C2)cc1OC. The zero-order chi connectivity index (χ0) is 16.3. The Morgan fingerprint density at radius 3 is 2.91 bits per heavy atom. The highest BCUT2D eigenvalue weighted by molar-refractivity contribution is 5.43. The fourth-order valence-electron chi connectivity index (χ4n) is 4.13. The van der Waals surface area contributed by atoms with Crippen LogP contribution in [0.25, 0.3) is 0 Å². The second-order valence-corrected chi connectivity index (χ2v) is 6.95. The molecule has 4 heteroatoms. The van der Waals surface area contributed by atoms with Gasteiger partial charge in [0.1, 0.15) is 0 Å². The molecule has 1 saturated carbocycles. The van der Waals surface area contributed by atoms with E-state index in [0.29, 0.717) is 12.5 Å². The number of aliphatic hydroxyl groups is 1. The Morgan fingerprint density at radius 1 is 1.26 bits per heavy atom. The van der Waals surface area contributed by atoms with Crippen LogP contribution in [0.15, 0.2) is 18.2 Å². The molecule has 1 saturated heterocycles. The molecule has 1 aliphatic carbocycles. The predicted octanol–water partition coefficient (Wildman–Crippen LogP) is 3.22. The summed E-state index contributed by atoms with van der Waals surface area (Å²) < 4.78 is 11.0. The summed E-state index contributed by atoms with van der Waals surface area (Å²) in [4.78, 5) is 2.47. The molecule has 2 unspecified atom stereocenters. The van der Waals surface area contributed by atoms with E-state index < -0.39 is 5.60 Å². The number of methoxy groups -OCH3 is 1. The number of hydrogen-bond acceptors (Lipinski definition) is 4. The highest BCUT2D eigenvalue weighted by Crippen LogP contribution is 2.40. The zero-order valence-corrected chi connectivity index (χ0v) is 14.4. The maximum atomic E-state index is 10.8. The van der Waals surface area contributed by atoms with Gasteiger partial charge in [-0.3, -0.25) is 4.90 Å². The molecule has 2 atom stereocenters. The Balaban J connectivity index is 1.65. The Bertz CT molecular complexity index is 533. The monoisotopic (exact) mass is 319 g/mol. The number of rotatable bonds is 5. The van der Waals surface area contributed by atoms with Gasteiger partial charge in [-0.25, -0.2) is 0 Å². The Labute approximate surface area is 139 Å². The van der Waals surface area contributed by atoms with Crippen LogP contribution in [0.3, 0.4) is 0 Å². The van der Waals surface area contributed by atoms with E-state index in [0.717, 1.165) is 44.0 Å². The lowest BCUT2D eigenvalue weighted by molar-refractivity contribution is -0.0967. The molecule has 1 N–H and O–H groups in total. The molecule has 1 heterocycles. The van der Waals surface area contributed by atoms with Crippen molar-refractivity contribution in [3.63, 3.8) is 0 Å². The average Bonchev–Trinajstić information content (AvgIpc) is 2.56. The Kier molecular flexibility index (Phi) is 5.12. The highest BCUT2D eigenvalue weighted by atomic mass is 16.5. The van der Waals surface area contributed by atoms with E-state index >= 15 is 0 Å². The van der Waals surface area contributed by atoms with Gasteiger partial charge in [0.05, 0.1) is 19.3 Å². The molecule has 23 heavy (non-hydrogen) atoms. The molecule has 0 radical (unpaired) electrons. The second-order valence-electron chi connectivity index (χ2n) is 6.95. The molecule has 0 amide bonds. The molecule has 128 valence electrons. The average molecular weight is 319 g/mol. The normalized spacial score (nSPS) is 28.2. The van der Waals surface area contributed by atoms with Crippen molar-refractivity contribution < 1.29 is 14.6 Å². The summed E-state index contributed by atoms with van der Waals surface area (Å²) >= 11 is 0. The molecule has 0 aromatic heterocycles. The summed E-state index contributed by atoms with van der Waals surface area (Å²) in [6.07, 6.45) is 5.51. The number of likely N-dealkylation sites (tertiary alicyclic amines) is 1. The Hall–Kier alpha value is -1.26. The van der Waals surface area contributed by atoms with Gasteiger partial charge >= 0.3 is 0 Å². The second kappa shape index (κ2) is 7.10. The number of hydrogen-bond donors (Lipinski definition) is 1. The van der Waals surface area contributed by atoms with Crippen LogP contribution in [-0.2, 0) is 6.54 Å². The number of fused-ring (bicyclic) bond motifs is 1. The molecule has 2 fully saturated rings. The summed E-state index contributed by atoms with van der Waals surface area (Å²) in [5, 5.41) is 10.8. The van der Waals surface area contributed by atoms with Gasteiger partial charge in [-0.05, 0) is 43.9 Å². The van der Waals surface area contributed by atoms with Gasteiger partial charge < -0.3 is 14.6 Å². The number of nitrogens with zero attached hydrogens (tertiary/aromatic N) is 1. The first-order valence-electron chi connectivity index (χ1n) is 8.89. The van der Waals surface area contributed by atoms with Crippen molar-refractivity contribution in [1.29, 1.82) is 0 Å². The molecule has 0 bridgehead atoms. The maximum absolute atomic E-state index is 10.8. The van der Waals surface area contributed by atoms with Gasteiger partial charge in [0.15, 0.2) is 11.5 Å². The minimum atomic E-state index is -0.398. The Morgan fingerprint density at radius 2 is 2.13 bits per heavy atom. The maximum Gasteiger partial charge on any atom is 0.161 e. The summed E-state index contributed by atoms with van der Waals surface area (Å²) in [6.45, 7) is 5.51. The third-order valence-corrected chi connectivity index (χ3v) is 5.45. The van der Waals surface area contributed by atoms with Crippen LogP contribution >= 0.6 is 0 Å². The van der Waals surface area contributed by atoms with E-state index in [9.17, 15) is 5.11 Å². The summed E-state index contributed by atoms with van der Waals surface area (Å²) in [5.41, 5.74) is 0.845. The van der Waals surface area contributed by atoms with E-state index in [4.69, 9.17) is 9.47 Å². The van der Waals surface area contributed by atoms with Gasteiger partial charge in [-0.1, -0.05) is 18.9 Å². The van der Waals surface area contributed by atoms with Crippen LogP contribution < -0.4 is 9.47 Å². The minimum absolute atomic E-state index is 0.398. The van der Waals surface area contributed by atoms with E-state index in [1.54, 1.807) is 7.11 Å². The molecule has 0 spiro atoms. The first kappa shape index (κ1) is 16.6. The van der Waals surface area contributed by atoms with Crippen LogP contribution in [0, 0.1) is 5.92 Å². The highest BCUT2D eigenvalue weighted by Gasteiger charge is 2.42. The van der Waals surface area contributed by atoms with Crippen molar-refractivity contribution in [2.24, 2.45) is 5.92 Å². The van der Waals surface area contributed by atoms with Crippen molar-refractivity contribution in [2.45, 2.75) is 51.2 Å². The molecule has 1 aromatic carbocycles.